The Kier molecular flexibility index (Phi) is 4.24. The lowest BCUT2D eigenvalue weighted by Crippen LogP contribution is -2.00. The molecular formula is C12H12ClN3O2S. The lowest BCUT2D eigenvalue weighted by molar-refractivity contribution is -0.384. The van der Waals surface area contributed by atoms with Crippen LogP contribution in [0.3, 0.4) is 0 Å². The molecule has 0 amide bonds. The van der Waals surface area contributed by atoms with E-state index in [0.29, 0.717) is 17.9 Å². The van der Waals surface area contributed by atoms with Gasteiger partial charge in [-0.3, -0.25) is 10.1 Å². The molecule has 1 heterocycles. The number of thiophene rings is 1. The summed E-state index contributed by atoms with van der Waals surface area (Å²) in [7, 11) is 1.72. The monoisotopic (exact) mass is 297 g/mol. The van der Waals surface area contributed by atoms with Crippen molar-refractivity contribution >= 4 is 40.0 Å². The molecule has 0 atom stereocenters. The summed E-state index contributed by atoms with van der Waals surface area (Å²) in [5, 5.41) is 16.9. The van der Waals surface area contributed by atoms with Crippen molar-refractivity contribution in [3.05, 3.63) is 49.7 Å². The molecule has 5 nitrogen and oxygen atoms in total. The zero-order chi connectivity index (χ0) is 13.8. The van der Waals surface area contributed by atoms with Crippen LogP contribution in [0.15, 0.2) is 30.3 Å². The number of nitro groups is 1. The molecule has 0 unspecified atom stereocenters. The standard InChI is InChI=1S/C12H12ClN3O2S/c1-14-8-4-9(6-10(5-8)16(17)18)15-7-11-2-3-12(13)19-11/h2-6,14-15H,7H2,1H3. The average Bonchev–Trinajstić information content (AvgIpc) is 2.81. The molecule has 2 N–H and O–H groups in total. The third-order valence-electron chi connectivity index (χ3n) is 2.51. The second-order valence-electron chi connectivity index (χ2n) is 3.84. The summed E-state index contributed by atoms with van der Waals surface area (Å²) < 4.78 is 0.728. The van der Waals surface area contributed by atoms with Crippen LogP contribution in [0.2, 0.25) is 4.34 Å². The van der Waals surface area contributed by atoms with Crippen molar-refractivity contribution in [2.24, 2.45) is 0 Å². The van der Waals surface area contributed by atoms with E-state index in [9.17, 15) is 10.1 Å². The smallest absolute Gasteiger partial charge is 0.273 e. The van der Waals surface area contributed by atoms with Gasteiger partial charge in [0.15, 0.2) is 0 Å². The van der Waals surface area contributed by atoms with Crippen LogP contribution in [0.4, 0.5) is 17.1 Å². The van der Waals surface area contributed by atoms with Crippen molar-refractivity contribution in [3.63, 3.8) is 0 Å². The van der Waals surface area contributed by atoms with Gasteiger partial charge in [-0.05, 0) is 18.2 Å². The van der Waals surface area contributed by atoms with Crippen molar-refractivity contribution in [2.45, 2.75) is 6.54 Å². The van der Waals surface area contributed by atoms with E-state index in [-0.39, 0.29) is 5.69 Å². The molecule has 0 bridgehead atoms. The number of benzene rings is 1. The van der Waals surface area contributed by atoms with Crippen LogP contribution < -0.4 is 10.6 Å². The molecule has 100 valence electrons. The summed E-state index contributed by atoms with van der Waals surface area (Å²) in [6.45, 7) is 0.585. The Bertz CT molecular complexity index is 600. The van der Waals surface area contributed by atoms with Gasteiger partial charge in [-0.1, -0.05) is 11.6 Å². The van der Waals surface area contributed by atoms with Crippen molar-refractivity contribution in [3.8, 4) is 0 Å². The van der Waals surface area contributed by atoms with Crippen molar-refractivity contribution in [1.29, 1.82) is 0 Å². The summed E-state index contributed by atoms with van der Waals surface area (Å²) in [5.74, 6) is 0. The van der Waals surface area contributed by atoms with E-state index in [4.69, 9.17) is 11.6 Å². The number of halogens is 1. The second-order valence-corrected chi connectivity index (χ2v) is 5.63. The number of nitro benzene ring substituents is 1. The van der Waals surface area contributed by atoms with Gasteiger partial charge in [0.25, 0.3) is 5.69 Å². The SMILES string of the molecule is CNc1cc(NCc2ccc(Cl)s2)cc([N+](=O)[O-])c1. The zero-order valence-electron chi connectivity index (χ0n) is 10.1. The number of nitrogens with zero attached hydrogens (tertiary/aromatic N) is 1. The Morgan fingerprint density at radius 3 is 2.63 bits per heavy atom. The van der Waals surface area contributed by atoms with Gasteiger partial charge in [-0.2, -0.15) is 0 Å². The van der Waals surface area contributed by atoms with E-state index >= 15 is 0 Å². The normalized spacial score (nSPS) is 10.2. The van der Waals surface area contributed by atoms with E-state index in [1.807, 2.05) is 18.2 Å². The fraction of sp³-hybridized carbons (Fsp3) is 0.167. The summed E-state index contributed by atoms with van der Waals surface area (Å²) >= 11 is 7.33. The van der Waals surface area contributed by atoms with Crippen molar-refractivity contribution in [1.82, 2.24) is 0 Å². The maximum Gasteiger partial charge on any atom is 0.273 e. The minimum Gasteiger partial charge on any atom is -0.388 e. The van der Waals surface area contributed by atoms with E-state index < -0.39 is 4.92 Å². The van der Waals surface area contributed by atoms with Gasteiger partial charge in [0.1, 0.15) is 0 Å². The fourth-order valence-corrected chi connectivity index (χ4v) is 2.63. The molecule has 0 aliphatic carbocycles. The molecule has 1 aromatic heterocycles. The Hall–Kier alpha value is -1.79. The van der Waals surface area contributed by atoms with E-state index in [1.165, 1.54) is 23.5 Å². The topological polar surface area (TPSA) is 67.2 Å². The first-order chi connectivity index (χ1) is 9.08. The van der Waals surface area contributed by atoms with Crippen LogP contribution in [-0.2, 0) is 6.54 Å². The molecule has 0 saturated carbocycles. The summed E-state index contributed by atoms with van der Waals surface area (Å²) in [5.41, 5.74) is 1.45. The highest BCUT2D eigenvalue weighted by Crippen LogP contribution is 2.26. The lowest BCUT2D eigenvalue weighted by atomic mass is 10.2. The molecular weight excluding hydrogens is 286 g/mol. The Balaban J connectivity index is 2.15. The lowest BCUT2D eigenvalue weighted by Gasteiger charge is -2.07. The summed E-state index contributed by atoms with van der Waals surface area (Å²) in [6.07, 6.45) is 0. The maximum atomic E-state index is 10.8. The van der Waals surface area contributed by atoms with E-state index in [2.05, 4.69) is 10.6 Å². The molecule has 2 rings (SSSR count). The van der Waals surface area contributed by atoms with E-state index in [1.54, 1.807) is 7.05 Å². The number of hydrogen-bond acceptors (Lipinski definition) is 5. The van der Waals surface area contributed by atoms with Gasteiger partial charge in [0, 0.05) is 42.0 Å². The molecule has 0 saturated heterocycles. The molecule has 0 aliphatic heterocycles. The first-order valence-electron chi connectivity index (χ1n) is 5.54. The van der Waals surface area contributed by atoms with E-state index in [0.717, 1.165) is 9.21 Å². The number of hydrogen-bond donors (Lipinski definition) is 2. The third-order valence-corrected chi connectivity index (χ3v) is 3.74. The van der Waals surface area contributed by atoms with Gasteiger partial charge in [-0.15, -0.1) is 11.3 Å². The van der Waals surface area contributed by atoms with Crippen LogP contribution in [0.5, 0.6) is 0 Å². The summed E-state index contributed by atoms with van der Waals surface area (Å²) in [4.78, 5) is 11.5. The predicted octanol–water partition coefficient (Wildman–Crippen LogP) is 3.96. The quantitative estimate of drug-likeness (QED) is 0.647. The van der Waals surface area contributed by atoms with Crippen molar-refractivity contribution in [2.75, 3.05) is 17.7 Å². The van der Waals surface area contributed by atoms with Crippen LogP contribution in [0, 0.1) is 10.1 Å². The molecule has 1 aromatic carbocycles. The highest BCUT2D eigenvalue weighted by atomic mass is 35.5. The zero-order valence-corrected chi connectivity index (χ0v) is 11.7. The van der Waals surface area contributed by atoms with Crippen molar-refractivity contribution < 1.29 is 4.92 Å². The highest BCUT2D eigenvalue weighted by Gasteiger charge is 2.09. The minimum absolute atomic E-state index is 0.0542. The molecule has 0 spiro atoms. The Morgan fingerprint density at radius 1 is 1.32 bits per heavy atom. The maximum absolute atomic E-state index is 10.8. The van der Waals surface area contributed by atoms with Gasteiger partial charge in [-0.25, -0.2) is 0 Å². The predicted molar refractivity (Wildman–Crippen MR) is 79.3 cm³/mol. The number of anilines is 2. The molecule has 0 radical (unpaired) electrons. The highest BCUT2D eigenvalue weighted by molar-refractivity contribution is 7.16. The second kappa shape index (κ2) is 5.90. The summed E-state index contributed by atoms with van der Waals surface area (Å²) in [6, 6.07) is 8.58. The van der Waals surface area contributed by atoms with Crippen LogP contribution in [0.1, 0.15) is 4.88 Å². The first kappa shape index (κ1) is 13.6. The van der Waals surface area contributed by atoms with Gasteiger partial charge in [0.2, 0.25) is 0 Å². The fourth-order valence-electron chi connectivity index (χ4n) is 1.60. The van der Waals surface area contributed by atoms with Gasteiger partial charge >= 0.3 is 0 Å². The minimum atomic E-state index is -0.409. The molecule has 2 aromatic rings. The first-order valence-corrected chi connectivity index (χ1v) is 6.73. The molecule has 0 fully saturated rings. The number of nitrogens with one attached hydrogen (secondary N) is 2. The average molecular weight is 298 g/mol. The van der Waals surface area contributed by atoms with Gasteiger partial charge < -0.3 is 10.6 Å². The van der Waals surface area contributed by atoms with Crippen LogP contribution in [0.25, 0.3) is 0 Å². The van der Waals surface area contributed by atoms with Crippen LogP contribution >= 0.6 is 22.9 Å². The number of rotatable bonds is 5. The largest absolute Gasteiger partial charge is 0.388 e. The Labute approximate surface area is 119 Å². The van der Waals surface area contributed by atoms with Crippen LogP contribution in [-0.4, -0.2) is 12.0 Å². The molecule has 19 heavy (non-hydrogen) atoms. The molecule has 0 aliphatic rings. The third kappa shape index (κ3) is 3.59. The van der Waals surface area contributed by atoms with Gasteiger partial charge in [0.05, 0.1) is 9.26 Å². The number of non-ortho nitro benzene ring substituents is 1. The molecule has 7 heteroatoms. The Morgan fingerprint density at radius 2 is 2.05 bits per heavy atom.